The summed E-state index contributed by atoms with van der Waals surface area (Å²) >= 11 is 0. The molecule has 7 heteroatoms. The van der Waals surface area contributed by atoms with Gasteiger partial charge in [-0.15, -0.1) is 0 Å². The predicted octanol–water partition coefficient (Wildman–Crippen LogP) is 3.53. The smallest absolute Gasteiger partial charge is 0.339 e. The van der Waals surface area contributed by atoms with Gasteiger partial charge < -0.3 is 15.3 Å². The van der Waals surface area contributed by atoms with E-state index in [1.807, 2.05) is 0 Å². The molecule has 0 aromatic carbocycles. The van der Waals surface area contributed by atoms with Crippen LogP contribution in [0.2, 0.25) is 0 Å². The second kappa shape index (κ2) is 6.98. The Morgan fingerprint density at radius 1 is 1.19 bits per heavy atom. The second-order valence-corrected chi connectivity index (χ2v) is 7.25. The van der Waals surface area contributed by atoms with Crippen LogP contribution < -0.4 is 11.2 Å². The molecule has 0 radical (unpaired) electrons. The molecule has 3 N–H and O–H groups in total. The molecule has 0 bridgehead atoms. The number of carboxylic acids is 1. The van der Waals surface area contributed by atoms with E-state index in [1.165, 1.54) is 38.2 Å². The normalized spacial score (nSPS) is 15.4. The van der Waals surface area contributed by atoms with Gasteiger partial charge in [0.05, 0.1) is 10.8 Å². The fourth-order valence-electron chi connectivity index (χ4n) is 3.88. The van der Waals surface area contributed by atoms with Gasteiger partial charge in [0.15, 0.2) is 0 Å². The Kier molecular flexibility index (Phi) is 4.51. The number of anilines is 1. The molecule has 27 heavy (non-hydrogen) atoms. The first-order valence-corrected chi connectivity index (χ1v) is 9.28. The lowest BCUT2D eigenvalue weighted by Gasteiger charge is -2.21. The summed E-state index contributed by atoms with van der Waals surface area (Å²) in [5.74, 6) is -0.685. The molecule has 0 saturated heterocycles. The number of aromatic carboxylic acids is 1. The maximum Gasteiger partial charge on any atom is 0.339 e. The third kappa shape index (κ3) is 3.37. The number of nitrogens with two attached hydrogens (primary N) is 1. The van der Waals surface area contributed by atoms with Gasteiger partial charge in [-0.1, -0.05) is 32.1 Å². The molecule has 1 saturated carbocycles. The Hall–Kier alpha value is -2.96. The molecule has 1 aliphatic carbocycles. The highest BCUT2D eigenvalue weighted by atomic mass is 16.4. The molecule has 4 rings (SSSR count). The average molecular weight is 367 g/mol. The van der Waals surface area contributed by atoms with Crippen LogP contribution in [0.15, 0.2) is 27.5 Å². The number of fused-ring (bicyclic) bond motifs is 2. The molecule has 3 aromatic heterocycles. The molecule has 0 unspecified atom stereocenters. The summed E-state index contributed by atoms with van der Waals surface area (Å²) in [6.45, 7) is 0. The zero-order valence-electron chi connectivity index (χ0n) is 14.9. The van der Waals surface area contributed by atoms with Crippen LogP contribution in [-0.4, -0.2) is 21.0 Å². The predicted molar refractivity (Wildman–Crippen MR) is 102 cm³/mol. The van der Waals surface area contributed by atoms with Crippen molar-refractivity contribution in [3.8, 4) is 0 Å². The van der Waals surface area contributed by atoms with Gasteiger partial charge >= 0.3 is 5.97 Å². The first-order chi connectivity index (χ1) is 13.0. The van der Waals surface area contributed by atoms with E-state index in [9.17, 15) is 14.7 Å². The Balaban J connectivity index is 1.72. The minimum absolute atomic E-state index is 0.00236. The molecule has 0 amide bonds. The summed E-state index contributed by atoms with van der Waals surface area (Å²) < 4.78 is 5.60. The summed E-state index contributed by atoms with van der Waals surface area (Å²) in [6.07, 6.45) is 10.2. The van der Waals surface area contributed by atoms with Crippen LogP contribution in [0, 0.1) is 5.92 Å². The van der Waals surface area contributed by atoms with E-state index in [1.54, 1.807) is 12.3 Å². The topological polar surface area (TPSA) is 119 Å². The quantitative estimate of drug-likeness (QED) is 0.677. The molecule has 1 fully saturated rings. The zero-order chi connectivity index (χ0) is 19.0. The van der Waals surface area contributed by atoms with Gasteiger partial charge in [0, 0.05) is 6.20 Å². The van der Waals surface area contributed by atoms with Gasteiger partial charge in [0.25, 0.3) is 0 Å². The van der Waals surface area contributed by atoms with Crippen molar-refractivity contribution in [2.45, 2.75) is 44.9 Å². The molecular formula is C20H21N3O4. The molecule has 3 heterocycles. The standard InChI is InChI=1S/C20H21N3O4/c21-17-15(20(25)26)9-14-16(24)13-8-12(7-6-11-4-2-1-3-5-11)10-22-18(13)27-19(14)23-17/h8-11H,1-7H2,(H2,21,23)(H,25,26). The van der Waals surface area contributed by atoms with Crippen molar-refractivity contribution in [2.75, 3.05) is 5.73 Å². The van der Waals surface area contributed by atoms with Crippen LogP contribution in [0.3, 0.4) is 0 Å². The van der Waals surface area contributed by atoms with Gasteiger partial charge in [-0.2, -0.15) is 4.98 Å². The molecule has 0 spiro atoms. The number of carboxylic acid groups (broad SMARTS) is 1. The molecule has 3 aromatic rings. The lowest BCUT2D eigenvalue weighted by Crippen LogP contribution is -2.10. The minimum atomic E-state index is -1.24. The van der Waals surface area contributed by atoms with Crippen molar-refractivity contribution in [3.63, 3.8) is 0 Å². The van der Waals surface area contributed by atoms with E-state index < -0.39 is 5.97 Å². The van der Waals surface area contributed by atoms with Crippen LogP contribution in [-0.2, 0) is 6.42 Å². The van der Waals surface area contributed by atoms with Gasteiger partial charge in [0.2, 0.25) is 16.9 Å². The number of aromatic nitrogens is 2. The van der Waals surface area contributed by atoms with Gasteiger partial charge in [-0.05, 0) is 36.5 Å². The highest BCUT2D eigenvalue weighted by molar-refractivity contribution is 5.98. The van der Waals surface area contributed by atoms with Crippen molar-refractivity contribution in [2.24, 2.45) is 5.92 Å². The van der Waals surface area contributed by atoms with Crippen molar-refractivity contribution < 1.29 is 14.3 Å². The first-order valence-electron chi connectivity index (χ1n) is 9.28. The highest BCUT2D eigenvalue weighted by Crippen LogP contribution is 2.28. The third-order valence-corrected chi connectivity index (χ3v) is 5.40. The van der Waals surface area contributed by atoms with Crippen LogP contribution in [0.25, 0.3) is 22.2 Å². The van der Waals surface area contributed by atoms with E-state index >= 15 is 0 Å². The monoisotopic (exact) mass is 367 g/mol. The lowest BCUT2D eigenvalue weighted by molar-refractivity contribution is 0.0698. The van der Waals surface area contributed by atoms with Crippen LogP contribution >= 0.6 is 0 Å². The zero-order valence-corrected chi connectivity index (χ0v) is 14.9. The van der Waals surface area contributed by atoms with Crippen LogP contribution in [0.4, 0.5) is 5.82 Å². The van der Waals surface area contributed by atoms with Crippen molar-refractivity contribution >= 4 is 34.0 Å². The average Bonchev–Trinajstić information content (AvgIpc) is 2.67. The maximum absolute atomic E-state index is 12.9. The summed E-state index contributed by atoms with van der Waals surface area (Å²) in [6, 6.07) is 3.02. The molecule has 1 aliphatic rings. The lowest BCUT2D eigenvalue weighted by atomic mass is 9.85. The largest absolute Gasteiger partial charge is 0.478 e. The molecule has 7 nitrogen and oxygen atoms in total. The Bertz CT molecular complexity index is 1080. The Morgan fingerprint density at radius 3 is 2.67 bits per heavy atom. The van der Waals surface area contributed by atoms with E-state index in [0.717, 1.165) is 24.3 Å². The van der Waals surface area contributed by atoms with Gasteiger partial charge in [0.1, 0.15) is 11.4 Å². The second-order valence-electron chi connectivity index (χ2n) is 7.25. The molecule has 0 atom stereocenters. The van der Waals surface area contributed by atoms with Crippen molar-refractivity contribution in [1.29, 1.82) is 0 Å². The van der Waals surface area contributed by atoms with Crippen molar-refractivity contribution in [1.82, 2.24) is 9.97 Å². The number of nitrogens with zero attached hydrogens (tertiary/aromatic N) is 2. The van der Waals surface area contributed by atoms with Gasteiger partial charge in [-0.3, -0.25) is 4.79 Å². The highest BCUT2D eigenvalue weighted by Gasteiger charge is 2.17. The number of aryl methyl sites for hydroxylation is 1. The SMILES string of the molecule is Nc1nc2oc3ncc(CCC4CCCCC4)cc3c(=O)c2cc1C(=O)O. The number of carbonyl (C=O) groups is 1. The van der Waals surface area contributed by atoms with Crippen LogP contribution in [0.5, 0.6) is 0 Å². The van der Waals surface area contributed by atoms with E-state index in [-0.39, 0.29) is 33.6 Å². The van der Waals surface area contributed by atoms with E-state index in [0.29, 0.717) is 5.39 Å². The van der Waals surface area contributed by atoms with Crippen LogP contribution in [0.1, 0.15) is 54.4 Å². The summed E-state index contributed by atoms with van der Waals surface area (Å²) in [5.41, 5.74) is 6.26. The number of pyridine rings is 2. The van der Waals surface area contributed by atoms with Gasteiger partial charge in [-0.25, -0.2) is 9.78 Å². The Morgan fingerprint density at radius 2 is 1.93 bits per heavy atom. The maximum atomic E-state index is 12.9. The fraction of sp³-hybridized carbons (Fsp3) is 0.400. The molecule has 140 valence electrons. The number of rotatable bonds is 4. The molecule has 0 aliphatic heterocycles. The summed E-state index contributed by atoms with van der Waals surface area (Å²) in [7, 11) is 0. The van der Waals surface area contributed by atoms with E-state index in [4.69, 9.17) is 10.2 Å². The fourth-order valence-corrected chi connectivity index (χ4v) is 3.88. The number of hydrogen-bond acceptors (Lipinski definition) is 6. The van der Waals surface area contributed by atoms with Crippen molar-refractivity contribution in [3.05, 3.63) is 39.7 Å². The summed E-state index contributed by atoms with van der Waals surface area (Å²) in [5, 5.41) is 9.64. The number of hydrogen-bond donors (Lipinski definition) is 2. The minimum Gasteiger partial charge on any atom is -0.478 e. The summed E-state index contributed by atoms with van der Waals surface area (Å²) in [4.78, 5) is 32.3. The Labute approximate surface area is 155 Å². The number of nitrogen functional groups attached to an aromatic ring is 1. The van der Waals surface area contributed by atoms with E-state index in [2.05, 4.69) is 9.97 Å². The first kappa shape index (κ1) is 17.5. The third-order valence-electron chi connectivity index (χ3n) is 5.40. The molecular weight excluding hydrogens is 346 g/mol.